The maximum Gasteiger partial charge on any atom is 0.251 e. The van der Waals surface area contributed by atoms with E-state index < -0.39 is 0 Å². The highest BCUT2D eigenvalue weighted by molar-refractivity contribution is 5.81. The second kappa shape index (κ2) is 5.11. The van der Waals surface area contributed by atoms with Crippen LogP contribution in [0, 0.1) is 0 Å². The third kappa shape index (κ3) is 2.27. The van der Waals surface area contributed by atoms with Crippen LogP contribution in [0.3, 0.4) is 0 Å². The smallest absolute Gasteiger partial charge is 0.251 e. The molecule has 0 N–H and O–H groups in total. The molecule has 0 aromatic heterocycles. The number of benzene rings is 1. The molecule has 2 heterocycles. The van der Waals surface area contributed by atoms with Crippen LogP contribution in [0.2, 0.25) is 0 Å². The summed E-state index contributed by atoms with van der Waals surface area (Å²) in [5, 5.41) is 0. The molecule has 2 unspecified atom stereocenters. The summed E-state index contributed by atoms with van der Waals surface area (Å²) in [5.74, 6) is 0.697. The maximum atomic E-state index is 12.2. The summed E-state index contributed by atoms with van der Waals surface area (Å²) in [4.78, 5) is 14.2. The Morgan fingerprint density at radius 1 is 1.22 bits per heavy atom. The van der Waals surface area contributed by atoms with Gasteiger partial charge < -0.3 is 9.64 Å². The van der Waals surface area contributed by atoms with Gasteiger partial charge in [-0.15, -0.1) is 0 Å². The van der Waals surface area contributed by atoms with E-state index >= 15 is 0 Å². The number of nitrogens with zero attached hydrogens (tertiary/aromatic N) is 1. The Labute approximate surface area is 108 Å². The predicted octanol–water partition coefficient (Wildman–Crippen LogP) is 2.18. The molecule has 2 aliphatic rings. The van der Waals surface area contributed by atoms with Gasteiger partial charge >= 0.3 is 0 Å². The van der Waals surface area contributed by atoms with Gasteiger partial charge in [-0.25, -0.2) is 0 Å². The molecule has 2 saturated heterocycles. The van der Waals surface area contributed by atoms with Gasteiger partial charge in [0.25, 0.3) is 5.91 Å². The quantitative estimate of drug-likeness (QED) is 0.799. The molecular formula is C15H19NO2. The second-order valence-corrected chi connectivity index (χ2v) is 5.18. The molecule has 0 spiro atoms. The van der Waals surface area contributed by atoms with Crippen molar-refractivity contribution in [2.75, 3.05) is 19.7 Å². The van der Waals surface area contributed by atoms with Gasteiger partial charge in [0.2, 0.25) is 0 Å². The largest absolute Gasteiger partial charge is 0.368 e. The molecule has 2 aliphatic heterocycles. The summed E-state index contributed by atoms with van der Waals surface area (Å²) < 4.78 is 5.48. The van der Waals surface area contributed by atoms with Gasteiger partial charge in [-0.1, -0.05) is 30.3 Å². The van der Waals surface area contributed by atoms with E-state index in [0.717, 1.165) is 39.0 Å². The summed E-state index contributed by atoms with van der Waals surface area (Å²) >= 11 is 0. The van der Waals surface area contributed by atoms with Crippen molar-refractivity contribution in [3.63, 3.8) is 0 Å². The van der Waals surface area contributed by atoms with Gasteiger partial charge in [0.15, 0.2) is 0 Å². The standard InChI is InChI=1S/C15H19NO2/c17-15(14-7-4-10-18-14)16-9-8-13(11-16)12-5-2-1-3-6-12/h1-3,5-6,13-14H,4,7-11H2. The van der Waals surface area contributed by atoms with Crippen molar-refractivity contribution >= 4 is 5.91 Å². The maximum absolute atomic E-state index is 12.2. The van der Waals surface area contributed by atoms with Crippen molar-refractivity contribution in [2.24, 2.45) is 0 Å². The van der Waals surface area contributed by atoms with Crippen molar-refractivity contribution in [1.82, 2.24) is 4.90 Å². The molecule has 18 heavy (non-hydrogen) atoms. The number of rotatable bonds is 2. The number of amides is 1. The van der Waals surface area contributed by atoms with Crippen LogP contribution in [0.4, 0.5) is 0 Å². The van der Waals surface area contributed by atoms with Gasteiger partial charge in [0.1, 0.15) is 6.10 Å². The monoisotopic (exact) mass is 245 g/mol. The van der Waals surface area contributed by atoms with E-state index in [0.29, 0.717) is 5.92 Å². The summed E-state index contributed by atoms with van der Waals surface area (Å²) in [6.07, 6.45) is 2.82. The fraction of sp³-hybridized carbons (Fsp3) is 0.533. The van der Waals surface area contributed by atoms with Gasteiger partial charge in [-0.05, 0) is 24.8 Å². The zero-order valence-corrected chi connectivity index (χ0v) is 10.5. The summed E-state index contributed by atoms with van der Waals surface area (Å²) in [6.45, 7) is 2.47. The minimum Gasteiger partial charge on any atom is -0.368 e. The molecule has 0 bridgehead atoms. The first-order chi connectivity index (χ1) is 8.84. The minimum absolute atomic E-state index is 0.167. The third-order valence-electron chi connectivity index (χ3n) is 3.98. The molecule has 1 aromatic rings. The molecule has 0 radical (unpaired) electrons. The highest BCUT2D eigenvalue weighted by Gasteiger charge is 2.33. The average Bonchev–Trinajstić information content (AvgIpc) is 3.10. The first kappa shape index (κ1) is 11.7. The van der Waals surface area contributed by atoms with Crippen LogP contribution in [0.25, 0.3) is 0 Å². The van der Waals surface area contributed by atoms with Crippen molar-refractivity contribution in [3.05, 3.63) is 35.9 Å². The minimum atomic E-state index is -0.167. The Kier molecular flexibility index (Phi) is 3.33. The first-order valence-electron chi connectivity index (χ1n) is 6.80. The lowest BCUT2D eigenvalue weighted by molar-refractivity contribution is -0.139. The summed E-state index contributed by atoms with van der Waals surface area (Å²) in [7, 11) is 0. The number of likely N-dealkylation sites (tertiary alicyclic amines) is 1. The van der Waals surface area contributed by atoms with Crippen LogP contribution < -0.4 is 0 Å². The molecule has 3 heteroatoms. The highest BCUT2D eigenvalue weighted by atomic mass is 16.5. The van der Waals surface area contributed by atoms with E-state index in [1.807, 2.05) is 11.0 Å². The van der Waals surface area contributed by atoms with Crippen LogP contribution in [-0.2, 0) is 9.53 Å². The molecule has 1 amide bonds. The fourth-order valence-electron chi connectivity index (χ4n) is 2.93. The van der Waals surface area contributed by atoms with E-state index in [4.69, 9.17) is 4.74 Å². The van der Waals surface area contributed by atoms with Crippen LogP contribution in [0.1, 0.15) is 30.7 Å². The molecule has 0 saturated carbocycles. The van der Waals surface area contributed by atoms with Crippen molar-refractivity contribution in [1.29, 1.82) is 0 Å². The van der Waals surface area contributed by atoms with Crippen molar-refractivity contribution in [3.8, 4) is 0 Å². The van der Waals surface area contributed by atoms with Crippen molar-refractivity contribution in [2.45, 2.75) is 31.3 Å². The van der Waals surface area contributed by atoms with Gasteiger partial charge in [0, 0.05) is 25.6 Å². The van der Waals surface area contributed by atoms with Crippen molar-refractivity contribution < 1.29 is 9.53 Å². The van der Waals surface area contributed by atoms with E-state index in [1.165, 1.54) is 5.56 Å². The molecule has 3 rings (SSSR count). The Morgan fingerprint density at radius 2 is 2.06 bits per heavy atom. The van der Waals surface area contributed by atoms with E-state index in [2.05, 4.69) is 24.3 Å². The van der Waals surface area contributed by atoms with Gasteiger partial charge in [-0.2, -0.15) is 0 Å². The lowest BCUT2D eigenvalue weighted by Crippen LogP contribution is -2.37. The summed E-state index contributed by atoms with van der Waals surface area (Å²) in [6, 6.07) is 10.5. The number of carbonyl (C=O) groups is 1. The van der Waals surface area contributed by atoms with E-state index in [9.17, 15) is 4.79 Å². The molecule has 3 nitrogen and oxygen atoms in total. The molecule has 96 valence electrons. The first-order valence-corrected chi connectivity index (χ1v) is 6.80. The van der Waals surface area contributed by atoms with Crippen LogP contribution in [0.5, 0.6) is 0 Å². The number of hydrogen-bond donors (Lipinski definition) is 0. The lowest BCUT2D eigenvalue weighted by Gasteiger charge is -2.20. The normalized spacial score (nSPS) is 27.7. The van der Waals surface area contributed by atoms with Crippen LogP contribution >= 0.6 is 0 Å². The second-order valence-electron chi connectivity index (χ2n) is 5.18. The number of ether oxygens (including phenoxy) is 1. The van der Waals surface area contributed by atoms with E-state index in [-0.39, 0.29) is 12.0 Å². The molecular weight excluding hydrogens is 226 g/mol. The van der Waals surface area contributed by atoms with E-state index in [1.54, 1.807) is 0 Å². The van der Waals surface area contributed by atoms with Gasteiger partial charge in [-0.3, -0.25) is 4.79 Å². The highest BCUT2D eigenvalue weighted by Crippen LogP contribution is 2.28. The summed E-state index contributed by atoms with van der Waals surface area (Å²) in [5.41, 5.74) is 1.35. The molecule has 1 aromatic carbocycles. The number of hydrogen-bond acceptors (Lipinski definition) is 2. The molecule has 2 atom stereocenters. The number of carbonyl (C=O) groups excluding carboxylic acids is 1. The average molecular weight is 245 g/mol. The lowest BCUT2D eigenvalue weighted by atomic mass is 9.99. The Hall–Kier alpha value is -1.35. The topological polar surface area (TPSA) is 29.5 Å². The molecule has 2 fully saturated rings. The molecule has 0 aliphatic carbocycles. The Bertz CT molecular complexity index is 412. The zero-order valence-electron chi connectivity index (χ0n) is 10.5. The van der Waals surface area contributed by atoms with Crippen LogP contribution in [-0.4, -0.2) is 36.6 Å². The Balaban J connectivity index is 1.63. The van der Waals surface area contributed by atoms with Gasteiger partial charge in [0.05, 0.1) is 0 Å². The van der Waals surface area contributed by atoms with Crippen LogP contribution in [0.15, 0.2) is 30.3 Å². The SMILES string of the molecule is O=C(C1CCCO1)N1CCC(c2ccccc2)C1. The zero-order chi connectivity index (χ0) is 12.4. The fourth-order valence-corrected chi connectivity index (χ4v) is 2.93. The predicted molar refractivity (Wildman–Crippen MR) is 69.4 cm³/mol. The third-order valence-corrected chi connectivity index (χ3v) is 3.98. The Morgan fingerprint density at radius 3 is 2.78 bits per heavy atom.